The van der Waals surface area contributed by atoms with Crippen LogP contribution in [0.25, 0.3) is 5.65 Å². The van der Waals surface area contributed by atoms with Gasteiger partial charge in [-0.05, 0) is 36.8 Å². The number of halogens is 1. The van der Waals surface area contributed by atoms with Crippen molar-refractivity contribution in [2.24, 2.45) is 0 Å². The molecule has 0 spiro atoms. The molecule has 102 valence electrons. The molecule has 0 fully saturated rings. The van der Waals surface area contributed by atoms with Gasteiger partial charge in [-0.15, -0.1) is 0 Å². The van der Waals surface area contributed by atoms with Crippen LogP contribution >= 0.6 is 15.9 Å². The first kappa shape index (κ1) is 13.3. The molecule has 0 aliphatic carbocycles. The summed E-state index contributed by atoms with van der Waals surface area (Å²) < 4.78 is 3.15. The van der Waals surface area contributed by atoms with Gasteiger partial charge in [-0.3, -0.25) is 0 Å². The van der Waals surface area contributed by atoms with Crippen molar-refractivity contribution in [2.45, 2.75) is 19.5 Å². The predicted molar refractivity (Wildman–Crippen MR) is 84.6 cm³/mol. The molecule has 0 bridgehead atoms. The lowest BCUT2D eigenvalue weighted by Crippen LogP contribution is -2.18. The van der Waals surface area contributed by atoms with E-state index in [1.807, 2.05) is 34.9 Å². The molecular formula is C16H16BrN3. The van der Waals surface area contributed by atoms with Crippen molar-refractivity contribution in [3.63, 3.8) is 0 Å². The first-order valence-corrected chi connectivity index (χ1v) is 7.43. The molecule has 0 radical (unpaired) electrons. The number of nitrogens with one attached hydrogen (secondary N) is 1. The fraction of sp³-hybridized carbons (Fsp3) is 0.188. The highest BCUT2D eigenvalue weighted by Gasteiger charge is 2.07. The molecule has 3 aromatic rings. The molecule has 1 aromatic carbocycles. The van der Waals surface area contributed by atoms with Crippen LogP contribution in [0.15, 0.2) is 59.3 Å². The summed E-state index contributed by atoms with van der Waals surface area (Å²) in [6.45, 7) is 2.92. The first-order chi connectivity index (χ1) is 9.72. The third-order valence-electron chi connectivity index (χ3n) is 3.35. The summed E-state index contributed by atoms with van der Waals surface area (Å²) in [6.07, 6.45) is 4.08. The first-order valence-electron chi connectivity index (χ1n) is 6.64. The van der Waals surface area contributed by atoms with Crippen molar-refractivity contribution < 1.29 is 0 Å². The van der Waals surface area contributed by atoms with Crippen LogP contribution in [0.3, 0.4) is 0 Å². The highest BCUT2D eigenvalue weighted by molar-refractivity contribution is 9.10. The molecule has 0 aliphatic heterocycles. The molecule has 3 rings (SSSR count). The third-order valence-corrected chi connectivity index (χ3v) is 3.85. The minimum absolute atomic E-state index is 0.289. The highest BCUT2D eigenvalue weighted by atomic mass is 79.9. The molecule has 0 amide bonds. The van der Waals surface area contributed by atoms with Gasteiger partial charge in [0.15, 0.2) is 0 Å². The second-order valence-corrected chi connectivity index (χ2v) is 5.77. The van der Waals surface area contributed by atoms with Crippen molar-refractivity contribution >= 4 is 21.6 Å². The molecule has 0 aliphatic rings. The van der Waals surface area contributed by atoms with Gasteiger partial charge in [0.05, 0.1) is 5.69 Å². The van der Waals surface area contributed by atoms with Gasteiger partial charge in [0, 0.05) is 29.5 Å². The average Bonchev–Trinajstić information content (AvgIpc) is 2.87. The second-order valence-electron chi connectivity index (χ2n) is 4.86. The van der Waals surface area contributed by atoms with Crippen LogP contribution in [-0.2, 0) is 6.54 Å². The predicted octanol–water partition coefficient (Wildman–Crippen LogP) is 3.95. The van der Waals surface area contributed by atoms with Gasteiger partial charge in [0.25, 0.3) is 0 Å². The summed E-state index contributed by atoms with van der Waals surface area (Å²) in [5.41, 5.74) is 3.31. The van der Waals surface area contributed by atoms with Gasteiger partial charge >= 0.3 is 0 Å². The van der Waals surface area contributed by atoms with E-state index in [4.69, 9.17) is 0 Å². The van der Waals surface area contributed by atoms with Crippen LogP contribution < -0.4 is 5.32 Å². The lowest BCUT2D eigenvalue weighted by molar-refractivity contribution is 0.569. The van der Waals surface area contributed by atoms with Crippen molar-refractivity contribution in [2.75, 3.05) is 0 Å². The Hall–Kier alpha value is -1.65. The monoisotopic (exact) mass is 329 g/mol. The summed E-state index contributed by atoms with van der Waals surface area (Å²) in [6, 6.07) is 14.7. The normalized spacial score (nSPS) is 12.7. The van der Waals surface area contributed by atoms with Gasteiger partial charge in [-0.2, -0.15) is 0 Å². The molecule has 2 heterocycles. The van der Waals surface area contributed by atoms with Crippen LogP contribution in [0.5, 0.6) is 0 Å². The van der Waals surface area contributed by atoms with Crippen LogP contribution in [0.1, 0.15) is 24.2 Å². The second kappa shape index (κ2) is 5.77. The van der Waals surface area contributed by atoms with Crippen molar-refractivity contribution in [1.82, 2.24) is 14.7 Å². The number of imidazole rings is 1. The van der Waals surface area contributed by atoms with E-state index < -0.39 is 0 Å². The summed E-state index contributed by atoms with van der Waals surface area (Å²) in [7, 11) is 0. The maximum Gasteiger partial charge on any atom is 0.137 e. The molecule has 20 heavy (non-hydrogen) atoms. The van der Waals surface area contributed by atoms with Crippen LogP contribution in [0.2, 0.25) is 0 Å². The lowest BCUT2D eigenvalue weighted by atomic mass is 10.1. The Morgan fingerprint density at radius 3 is 2.95 bits per heavy atom. The highest BCUT2D eigenvalue weighted by Crippen LogP contribution is 2.18. The van der Waals surface area contributed by atoms with E-state index in [1.54, 1.807) is 0 Å². The number of rotatable bonds is 4. The zero-order valence-electron chi connectivity index (χ0n) is 11.3. The summed E-state index contributed by atoms with van der Waals surface area (Å²) in [5.74, 6) is 0. The molecule has 3 nitrogen and oxygen atoms in total. The molecule has 0 unspecified atom stereocenters. The molecule has 0 saturated carbocycles. The molecular weight excluding hydrogens is 314 g/mol. The quantitative estimate of drug-likeness (QED) is 0.785. The number of pyridine rings is 1. The van der Waals surface area contributed by atoms with Gasteiger partial charge in [0.2, 0.25) is 0 Å². The van der Waals surface area contributed by atoms with E-state index >= 15 is 0 Å². The molecule has 1 atom stereocenters. The maximum atomic E-state index is 4.59. The largest absolute Gasteiger partial charge is 0.307 e. The fourth-order valence-electron chi connectivity index (χ4n) is 2.22. The number of fused-ring (bicyclic) bond motifs is 1. The van der Waals surface area contributed by atoms with E-state index in [-0.39, 0.29) is 6.04 Å². The minimum atomic E-state index is 0.289. The maximum absolute atomic E-state index is 4.59. The van der Waals surface area contributed by atoms with Gasteiger partial charge in [-0.1, -0.05) is 34.1 Å². The average molecular weight is 330 g/mol. The zero-order valence-corrected chi connectivity index (χ0v) is 12.8. The van der Waals surface area contributed by atoms with Crippen molar-refractivity contribution in [3.8, 4) is 0 Å². The van der Waals surface area contributed by atoms with E-state index in [0.717, 1.165) is 22.4 Å². The van der Waals surface area contributed by atoms with E-state index in [9.17, 15) is 0 Å². The van der Waals surface area contributed by atoms with Gasteiger partial charge < -0.3 is 9.72 Å². The van der Waals surface area contributed by atoms with E-state index in [0.29, 0.717) is 0 Å². The molecule has 2 aromatic heterocycles. The number of hydrogen-bond donors (Lipinski definition) is 1. The topological polar surface area (TPSA) is 29.3 Å². The summed E-state index contributed by atoms with van der Waals surface area (Å²) >= 11 is 3.51. The SMILES string of the molecule is C[C@@H](NCc1cn2ccccc2n1)c1cccc(Br)c1. The van der Waals surface area contributed by atoms with E-state index in [1.165, 1.54) is 5.56 Å². The summed E-state index contributed by atoms with van der Waals surface area (Å²) in [4.78, 5) is 4.59. The zero-order chi connectivity index (χ0) is 13.9. The Kier molecular flexibility index (Phi) is 3.85. The lowest BCUT2D eigenvalue weighted by Gasteiger charge is -2.13. The Labute approximate surface area is 126 Å². The number of benzene rings is 1. The van der Waals surface area contributed by atoms with Crippen molar-refractivity contribution in [1.29, 1.82) is 0 Å². The standard InChI is InChI=1S/C16H16BrN3/c1-12(13-5-4-6-14(17)9-13)18-10-15-11-20-8-3-2-7-16(20)19-15/h2-9,11-12,18H,10H2,1H3/t12-/m1/s1. The Balaban J connectivity index is 1.69. The van der Waals surface area contributed by atoms with Crippen LogP contribution in [-0.4, -0.2) is 9.38 Å². The Bertz CT molecular complexity index is 687. The van der Waals surface area contributed by atoms with Crippen molar-refractivity contribution in [3.05, 3.63) is 70.6 Å². The number of nitrogens with zero attached hydrogens (tertiary/aromatic N) is 2. The number of hydrogen-bond acceptors (Lipinski definition) is 2. The van der Waals surface area contributed by atoms with Crippen LogP contribution in [0, 0.1) is 0 Å². The minimum Gasteiger partial charge on any atom is -0.307 e. The molecule has 0 saturated heterocycles. The third kappa shape index (κ3) is 2.92. The number of aromatic nitrogens is 2. The summed E-state index contributed by atoms with van der Waals surface area (Å²) in [5, 5.41) is 3.51. The van der Waals surface area contributed by atoms with Gasteiger partial charge in [0.1, 0.15) is 5.65 Å². The Morgan fingerprint density at radius 1 is 1.25 bits per heavy atom. The van der Waals surface area contributed by atoms with Gasteiger partial charge in [-0.25, -0.2) is 4.98 Å². The Morgan fingerprint density at radius 2 is 2.15 bits per heavy atom. The molecule has 1 N–H and O–H groups in total. The van der Waals surface area contributed by atoms with Crippen LogP contribution in [0.4, 0.5) is 0 Å². The smallest absolute Gasteiger partial charge is 0.137 e. The van der Waals surface area contributed by atoms with E-state index in [2.05, 4.69) is 57.6 Å². The fourth-order valence-corrected chi connectivity index (χ4v) is 2.64. The molecule has 4 heteroatoms.